The van der Waals surface area contributed by atoms with Crippen LogP contribution in [0.3, 0.4) is 0 Å². The number of aryl methyl sites for hydroxylation is 2. The number of aromatic amines is 1. The molecule has 1 saturated heterocycles. The number of hydrogen-bond acceptors (Lipinski definition) is 6. The summed E-state index contributed by atoms with van der Waals surface area (Å²) in [6.07, 6.45) is 5.80. The van der Waals surface area contributed by atoms with Gasteiger partial charge in [0, 0.05) is 29.5 Å². The van der Waals surface area contributed by atoms with E-state index in [0.29, 0.717) is 6.54 Å². The van der Waals surface area contributed by atoms with Gasteiger partial charge in [0.15, 0.2) is 0 Å². The largest absolute Gasteiger partial charge is 0.377 e. The highest BCUT2D eigenvalue weighted by Crippen LogP contribution is 2.34. The third-order valence-electron chi connectivity index (χ3n) is 5.44. The number of rotatable bonds is 6. The first-order chi connectivity index (χ1) is 13.3. The van der Waals surface area contributed by atoms with Gasteiger partial charge >= 0.3 is 0 Å². The van der Waals surface area contributed by atoms with Crippen LogP contribution in [0.5, 0.6) is 0 Å². The normalized spacial score (nSPS) is 19.4. The average Bonchev–Trinajstić information content (AvgIpc) is 3.39. The van der Waals surface area contributed by atoms with Crippen LogP contribution in [-0.2, 0) is 30.7 Å². The minimum atomic E-state index is 0.0302. The van der Waals surface area contributed by atoms with Crippen molar-refractivity contribution in [2.75, 3.05) is 13.2 Å². The molecule has 1 atom stereocenters. The lowest BCUT2D eigenvalue weighted by atomic mass is 10.2. The molecule has 3 aromatic heterocycles. The van der Waals surface area contributed by atoms with E-state index in [1.807, 2.05) is 0 Å². The molecule has 4 heterocycles. The van der Waals surface area contributed by atoms with Crippen molar-refractivity contribution in [2.24, 2.45) is 0 Å². The van der Waals surface area contributed by atoms with Crippen LogP contribution >= 0.6 is 22.7 Å². The number of fused-ring (bicyclic) bond motifs is 3. The van der Waals surface area contributed by atoms with E-state index in [-0.39, 0.29) is 11.7 Å². The van der Waals surface area contributed by atoms with Crippen molar-refractivity contribution in [3.63, 3.8) is 0 Å². The third kappa shape index (κ3) is 3.61. The van der Waals surface area contributed by atoms with Gasteiger partial charge in [0.25, 0.3) is 5.56 Å². The van der Waals surface area contributed by atoms with Gasteiger partial charge in [0.1, 0.15) is 10.7 Å². The van der Waals surface area contributed by atoms with E-state index in [4.69, 9.17) is 9.72 Å². The zero-order valence-electron chi connectivity index (χ0n) is 15.2. The minimum absolute atomic E-state index is 0.0302. The molecule has 0 saturated carbocycles. The van der Waals surface area contributed by atoms with Crippen molar-refractivity contribution in [3.8, 4) is 0 Å². The maximum atomic E-state index is 12.7. The fourth-order valence-corrected chi connectivity index (χ4v) is 6.24. The maximum Gasteiger partial charge on any atom is 0.259 e. The Hall–Kier alpha value is -1.54. The lowest BCUT2D eigenvalue weighted by molar-refractivity contribution is 0.0674. The van der Waals surface area contributed by atoms with E-state index in [0.717, 1.165) is 67.8 Å². The van der Waals surface area contributed by atoms with Crippen molar-refractivity contribution in [2.45, 2.75) is 51.3 Å². The highest BCUT2D eigenvalue weighted by molar-refractivity contribution is 7.18. The predicted octanol–water partition coefficient (Wildman–Crippen LogP) is 3.72. The Morgan fingerprint density at radius 3 is 3.07 bits per heavy atom. The Kier molecular flexibility index (Phi) is 4.85. The topological polar surface area (TPSA) is 58.2 Å². The summed E-state index contributed by atoms with van der Waals surface area (Å²) in [5, 5.41) is 2.94. The predicted molar refractivity (Wildman–Crippen MR) is 110 cm³/mol. The molecule has 0 unspecified atom stereocenters. The van der Waals surface area contributed by atoms with Gasteiger partial charge in [-0.05, 0) is 49.1 Å². The summed E-state index contributed by atoms with van der Waals surface area (Å²) in [5.74, 6) is 0.766. The zero-order valence-corrected chi connectivity index (χ0v) is 16.8. The smallest absolute Gasteiger partial charge is 0.259 e. The number of H-pyrrole nitrogens is 1. The molecule has 7 heteroatoms. The van der Waals surface area contributed by atoms with Crippen LogP contribution in [0.1, 0.15) is 40.4 Å². The summed E-state index contributed by atoms with van der Waals surface area (Å²) in [6, 6.07) is 4.25. The van der Waals surface area contributed by atoms with Gasteiger partial charge in [-0.15, -0.1) is 22.7 Å². The number of nitrogens with one attached hydrogen (secondary N) is 1. The molecule has 0 amide bonds. The fourth-order valence-electron chi connectivity index (χ4n) is 4.22. The second-order valence-corrected chi connectivity index (χ2v) is 9.55. The monoisotopic (exact) mass is 401 g/mol. The second kappa shape index (κ2) is 7.47. The summed E-state index contributed by atoms with van der Waals surface area (Å²) in [5.41, 5.74) is 1.27. The van der Waals surface area contributed by atoms with Gasteiger partial charge in [0.2, 0.25) is 0 Å². The molecule has 1 aliphatic carbocycles. The number of aromatic nitrogens is 2. The Balaban J connectivity index is 1.41. The molecule has 142 valence electrons. The molecule has 1 fully saturated rings. The van der Waals surface area contributed by atoms with Crippen LogP contribution in [-0.4, -0.2) is 34.1 Å². The van der Waals surface area contributed by atoms with E-state index in [2.05, 4.69) is 27.4 Å². The quantitative estimate of drug-likeness (QED) is 0.684. The Bertz CT molecular complexity index is 987. The average molecular weight is 402 g/mol. The SMILES string of the molecule is O=c1[nH]c(CN(Cc2cccs2)C[C@H]2CCCO2)nc2sc3c(c12)CCC3. The molecular formula is C20H23N3O2S2. The molecule has 3 aromatic rings. The van der Waals surface area contributed by atoms with Crippen LogP contribution in [0, 0.1) is 0 Å². The van der Waals surface area contributed by atoms with Crippen molar-refractivity contribution in [1.82, 2.24) is 14.9 Å². The van der Waals surface area contributed by atoms with Crippen molar-refractivity contribution in [3.05, 3.63) is 49.0 Å². The Morgan fingerprint density at radius 1 is 1.30 bits per heavy atom. The number of thiophene rings is 2. The van der Waals surface area contributed by atoms with E-state index < -0.39 is 0 Å². The van der Waals surface area contributed by atoms with E-state index in [1.54, 1.807) is 22.7 Å². The highest BCUT2D eigenvalue weighted by atomic mass is 32.1. The molecule has 1 N–H and O–H groups in total. The van der Waals surface area contributed by atoms with Gasteiger partial charge in [-0.25, -0.2) is 4.98 Å². The van der Waals surface area contributed by atoms with E-state index >= 15 is 0 Å². The van der Waals surface area contributed by atoms with Crippen LogP contribution < -0.4 is 5.56 Å². The van der Waals surface area contributed by atoms with Crippen molar-refractivity contribution in [1.29, 1.82) is 0 Å². The molecule has 0 aromatic carbocycles. The number of hydrogen-bond donors (Lipinski definition) is 1. The molecule has 1 aliphatic heterocycles. The van der Waals surface area contributed by atoms with Crippen LogP contribution in [0.4, 0.5) is 0 Å². The third-order valence-corrected chi connectivity index (χ3v) is 7.49. The maximum absolute atomic E-state index is 12.7. The fraction of sp³-hybridized carbons (Fsp3) is 0.500. The molecule has 0 bridgehead atoms. The summed E-state index contributed by atoms with van der Waals surface area (Å²) < 4.78 is 5.85. The van der Waals surface area contributed by atoms with Crippen molar-refractivity contribution < 1.29 is 4.74 Å². The van der Waals surface area contributed by atoms with Gasteiger partial charge in [-0.3, -0.25) is 9.69 Å². The summed E-state index contributed by atoms with van der Waals surface area (Å²) >= 11 is 3.48. The Morgan fingerprint density at radius 2 is 2.26 bits per heavy atom. The van der Waals surface area contributed by atoms with Crippen LogP contribution in [0.25, 0.3) is 10.2 Å². The van der Waals surface area contributed by atoms with E-state index in [1.165, 1.54) is 15.3 Å². The zero-order chi connectivity index (χ0) is 18.2. The molecule has 0 spiro atoms. The summed E-state index contributed by atoms with van der Waals surface area (Å²) in [7, 11) is 0. The summed E-state index contributed by atoms with van der Waals surface area (Å²) in [6.45, 7) is 3.24. The molecule has 2 aliphatic rings. The van der Waals surface area contributed by atoms with Gasteiger partial charge < -0.3 is 9.72 Å². The molecule has 27 heavy (non-hydrogen) atoms. The van der Waals surface area contributed by atoms with Crippen LogP contribution in [0.2, 0.25) is 0 Å². The van der Waals surface area contributed by atoms with Gasteiger partial charge in [-0.2, -0.15) is 0 Å². The molecule has 5 nitrogen and oxygen atoms in total. The standard InChI is InChI=1S/C20H23N3O2S2/c24-19-18-15-6-1-7-16(15)27-20(18)22-17(21-19)12-23(10-13-4-2-8-25-13)11-14-5-3-9-26-14/h3,5,9,13H,1-2,4,6-8,10-12H2,(H,21,22,24)/t13-/m1/s1. The van der Waals surface area contributed by atoms with Gasteiger partial charge in [0.05, 0.1) is 18.0 Å². The second-order valence-electron chi connectivity index (χ2n) is 7.43. The number of nitrogens with zero attached hydrogens (tertiary/aromatic N) is 2. The number of ether oxygens (including phenoxy) is 1. The minimum Gasteiger partial charge on any atom is -0.377 e. The molecule has 5 rings (SSSR count). The first kappa shape index (κ1) is 17.6. The molecular weight excluding hydrogens is 378 g/mol. The molecule has 0 radical (unpaired) electrons. The first-order valence-electron chi connectivity index (χ1n) is 9.66. The summed E-state index contributed by atoms with van der Waals surface area (Å²) in [4.78, 5) is 26.6. The first-order valence-corrected chi connectivity index (χ1v) is 11.4. The van der Waals surface area contributed by atoms with E-state index in [9.17, 15) is 4.79 Å². The Labute approximate surface area is 166 Å². The van der Waals surface area contributed by atoms with Gasteiger partial charge in [-0.1, -0.05) is 6.07 Å². The van der Waals surface area contributed by atoms with Crippen LogP contribution in [0.15, 0.2) is 22.3 Å². The lowest BCUT2D eigenvalue weighted by Crippen LogP contribution is -2.32. The highest BCUT2D eigenvalue weighted by Gasteiger charge is 2.23. The lowest BCUT2D eigenvalue weighted by Gasteiger charge is -2.24. The van der Waals surface area contributed by atoms with Crippen molar-refractivity contribution >= 4 is 32.9 Å².